The lowest BCUT2D eigenvalue weighted by atomic mass is 9.85. The molecule has 1 saturated carbocycles. The maximum Gasteiger partial charge on any atom is 0.255 e. The van der Waals surface area contributed by atoms with Gasteiger partial charge in [-0.05, 0) is 118 Å². The van der Waals surface area contributed by atoms with Crippen molar-refractivity contribution in [1.82, 2.24) is 46.0 Å². The van der Waals surface area contributed by atoms with Gasteiger partial charge in [-0.1, -0.05) is 70.7 Å². The maximum atomic E-state index is 14.2. The molecule has 0 unspecified atom stereocenters. The minimum atomic E-state index is -1.16. The Morgan fingerprint density at radius 3 is 2.19 bits per heavy atom. The van der Waals surface area contributed by atoms with Gasteiger partial charge in [-0.15, -0.1) is 11.3 Å². The number of anilines is 1. The molecule has 0 bridgehead atoms. The van der Waals surface area contributed by atoms with Crippen LogP contribution in [-0.4, -0.2) is 116 Å². The molecule has 7 N–H and O–H groups in total. The quantitative estimate of drug-likeness (QED) is 0.0316. The van der Waals surface area contributed by atoms with Crippen molar-refractivity contribution in [1.29, 1.82) is 5.26 Å². The van der Waals surface area contributed by atoms with Gasteiger partial charge in [0.2, 0.25) is 23.6 Å². The average molecular weight is 1070 g/mol. The Morgan fingerprint density at radius 1 is 0.896 bits per heavy atom. The molecule has 4 heterocycles. The van der Waals surface area contributed by atoms with E-state index in [1.165, 1.54) is 29.1 Å². The molecule has 8 rings (SSSR count). The van der Waals surface area contributed by atoms with Crippen LogP contribution in [0.3, 0.4) is 0 Å². The number of hydrogen-bond acceptors (Lipinski definition) is 12. The lowest BCUT2D eigenvalue weighted by molar-refractivity contribution is -0.144. The van der Waals surface area contributed by atoms with Gasteiger partial charge < -0.3 is 41.6 Å². The summed E-state index contributed by atoms with van der Waals surface area (Å²) in [6.07, 6.45) is 7.44. The van der Waals surface area contributed by atoms with Crippen molar-refractivity contribution < 1.29 is 33.9 Å². The first-order valence-corrected chi connectivity index (χ1v) is 28.0. The number of hydrogen-bond donors (Lipinski definition) is 7. The summed E-state index contributed by atoms with van der Waals surface area (Å²) in [6.45, 7) is 12.3. The third-order valence-corrected chi connectivity index (χ3v) is 16.1. The summed E-state index contributed by atoms with van der Waals surface area (Å²) >= 11 is 1.52. The van der Waals surface area contributed by atoms with Crippen LogP contribution in [-0.2, 0) is 25.7 Å². The fourth-order valence-electron chi connectivity index (χ4n) is 10.2. The number of nitrogens with zero attached hydrogens (tertiary/aromatic N) is 5. The fraction of sp³-hybridized carbons (Fsp3) is 0.500. The first-order chi connectivity index (χ1) is 36.9. The van der Waals surface area contributed by atoms with Crippen molar-refractivity contribution in [2.24, 2.45) is 10.8 Å². The van der Waals surface area contributed by atoms with Gasteiger partial charge in [0.05, 0.1) is 58.3 Å². The SMILES string of the molecule is Cc1ncsc1-c1ccc([C@H](CC(=O)NCCCCCCCCNC(=O)c2ccc(C(=O)Nc3ccc4[nH]c(CN5CCC[C@@H]5C)nc4c3)cc2)NC(=O)[C@@H]2C[C@@H](O)CN2C(=O)[C@@H](NC(=O)C2(C#N)CC2)C(C)(C)C)cc1. The van der Waals surface area contributed by atoms with E-state index in [0.717, 1.165) is 84.6 Å². The van der Waals surface area contributed by atoms with Crippen molar-refractivity contribution in [3.63, 3.8) is 0 Å². The molecule has 1 aliphatic carbocycles. The van der Waals surface area contributed by atoms with Gasteiger partial charge in [-0.25, -0.2) is 9.97 Å². The van der Waals surface area contributed by atoms with Crippen LogP contribution in [0.2, 0.25) is 0 Å². The van der Waals surface area contributed by atoms with E-state index < -0.39 is 52.8 Å². The van der Waals surface area contributed by atoms with Crippen molar-refractivity contribution >= 4 is 63.5 Å². The molecule has 2 saturated heterocycles. The Balaban J connectivity index is 0.756. The van der Waals surface area contributed by atoms with Gasteiger partial charge >= 0.3 is 0 Å². The number of carbonyl (C=O) groups excluding carboxylic acids is 6. The summed E-state index contributed by atoms with van der Waals surface area (Å²) in [5.41, 5.74) is 5.65. The number of likely N-dealkylation sites (tertiary alicyclic amines) is 2. The van der Waals surface area contributed by atoms with Gasteiger partial charge in [0.25, 0.3) is 11.8 Å². The Morgan fingerprint density at radius 2 is 1.57 bits per heavy atom. The van der Waals surface area contributed by atoms with Gasteiger partial charge in [0.15, 0.2) is 0 Å². The molecule has 19 heteroatoms. The van der Waals surface area contributed by atoms with Crippen molar-refractivity contribution in [2.45, 2.75) is 148 Å². The number of aliphatic hydroxyl groups excluding tert-OH is 1. The van der Waals surface area contributed by atoms with Crippen LogP contribution in [0.25, 0.3) is 21.5 Å². The summed E-state index contributed by atoms with van der Waals surface area (Å²) in [6, 6.07) is 19.6. The zero-order chi connectivity index (χ0) is 54.9. The van der Waals surface area contributed by atoms with Crippen LogP contribution in [0.4, 0.5) is 5.69 Å². The second-order valence-corrected chi connectivity index (χ2v) is 23.0. The van der Waals surface area contributed by atoms with Crippen LogP contribution in [0.5, 0.6) is 0 Å². The predicted molar refractivity (Wildman–Crippen MR) is 295 cm³/mol. The van der Waals surface area contributed by atoms with Crippen LogP contribution in [0, 0.1) is 29.1 Å². The number of rotatable bonds is 23. The van der Waals surface area contributed by atoms with E-state index in [2.05, 4.69) is 54.4 Å². The van der Waals surface area contributed by atoms with E-state index in [0.29, 0.717) is 54.4 Å². The standard InChI is InChI=1S/C58H73N11O7S/c1-36-13-12-28-68(36)33-48-64-44-23-22-42(29-46(44)65-48)63-53(73)41-20-18-40(19-21-41)52(72)61-27-11-9-7-6-8-10-26-60-49(71)31-45(38-14-16-39(17-15-38)50-37(2)62-35-77-50)66-54(74)47-30-43(70)32-69(47)55(75)51(57(3,4)5)67-56(76)58(34-59)24-25-58/h14-23,29,35-36,43,45,47,51,70H,6-13,24-28,30-33H2,1-5H3,(H,60,71)(H,61,72)(H,63,73)(H,64,65)(H,66,74)(H,67,76)/t36-,43+,45-,47-,51+/m0/s1. The molecule has 3 aliphatic rings. The topological polar surface area (TPSA) is 255 Å². The van der Waals surface area contributed by atoms with Gasteiger partial charge in [0.1, 0.15) is 23.3 Å². The normalized spacial score (nSPS) is 18.8. The zero-order valence-corrected chi connectivity index (χ0v) is 45.7. The first-order valence-electron chi connectivity index (χ1n) is 27.1. The number of nitrogens with one attached hydrogen (secondary N) is 6. The summed E-state index contributed by atoms with van der Waals surface area (Å²) in [5, 5.41) is 35.2. The third kappa shape index (κ3) is 14.3. The number of aromatic amines is 1. The zero-order valence-electron chi connectivity index (χ0n) is 44.9. The minimum Gasteiger partial charge on any atom is -0.391 e. The molecule has 3 aromatic carbocycles. The Kier molecular flexibility index (Phi) is 18.2. The molecule has 0 spiro atoms. The third-order valence-electron chi connectivity index (χ3n) is 15.1. The van der Waals surface area contributed by atoms with Gasteiger partial charge in [-0.3, -0.25) is 33.7 Å². The highest BCUT2D eigenvalue weighted by atomic mass is 32.1. The number of H-pyrrole nitrogens is 1. The minimum absolute atomic E-state index is 0.0225. The van der Waals surface area contributed by atoms with Crippen molar-refractivity contribution in [3.8, 4) is 16.5 Å². The van der Waals surface area contributed by atoms with Crippen LogP contribution >= 0.6 is 11.3 Å². The number of thiazole rings is 1. The lowest BCUT2D eigenvalue weighted by Gasteiger charge is -2.36. The average Bonchev–Trinajstić information content (AvgIpc) is 3.73. The summed E-state index contributed by atoms with van der Waals surface area (Å²) < 4.78 is 0. The number of nitriles is 1. The first kappa shape index (κ1) is 56.2. The lowest BCUT2D eigenvalue weighted by Crippen LogP contribution is -2.58. The number of aryl methyl sites for hydroxylation is 1. The Bertz CT molecular complexity index is 2960. The molecule has 3 fully saturated rings. The summed E-state index contributed by atoms with van der Waals surface area (Å²) in [7, 11) is 0. The maximum absolute atomic E-state index is 14.2. The van der Waals surface area contributed by atoms with E-state index >= 15 is 0 Å². The van der Waals surface area contributed by atoms with Gasteiger partial charge in [0, 0.05) is 48.9 Å². The molecule has 6 amide bonds. The molecule has 408 valence electrons. The van der Waals surface area contributed by atoms with Crippen molar-refractivity contribution in [2.75, 3.05) is 31.5 Å². The molecule has 0 radical (unpaired) electrons. The van der Waals surface area contributed by atoms with E-state index in [1.807, 2.05) is 49.4 Å². The Labute approximate surface area is 454 Å². The highest BCUT2D eigenvalue weighted by Crippen LogP contribution is 2.45. The second-order valence-electron chi connectivity index (χ2n) is 22.2. The monoisotopic (exact) mass is 1070 g/mol. The second kappa shape index (κ2) is 25.0. The molecule has 18 nitrogen and oxygen atoms in total. The number of benzene rings is 3. The van der Waals surface area contributed by atoms with Gasteiger partial charge in [-0.2, -0.15) is 5.26 Å². The molecule has 5 atom stereocenters. The molecule has 2 aromatic heterocycles. The number of β-amino-alcohol motifs (C(OH)–C–C–N with tert-alkyl or cyclic N) is 1. The molecular formula is C58H73N11O7S. The smallest absolute Gasteiger partial charge is 0.255 e. The van der Waals surface area contributed by atoms with E-state index in [-0.39, 0.29) is 37.1 Å². The molecular weight excluding hydrogens is 995 g/mol. The highest BCUT2D eigenvalue weighted by molar-refractivity contribution is 7.13. The summed E-state index contributed by atoms with van der Waals surface area (Å²) in [4.78, 5) is 98.4. The van der Waals surface area contributed by atoms with E-state index in [1.54, 1.807) is 50.5 Å². The fourth-order valence-corrected chi connectivity index (χ4v) is 11.0. The summed E-state index contributed by atoms with van der Waals surface area (Å²) in [5.74, 6) is -1.40. The highest BCUT2D eigenvalue weighted by Gasteiger charge is 2.53. The number of carbonyl (C=O) groups is 6. The number of aromatic nitrogens is 3. The predicted octanol–water partition coefficient (Wildman–Crippen LogP) is 7.46. The molecule has 2 aliphatic heterocycles. The van der Waals surface area contributed by atoms with Crippen LogP contribution in [0.1, 0.15) is 149 Å². The molecule has 77 heavy (non-hydrogen) atoms. The largest absolute Gasteiger partial charge is 0.391 e. The number of imidazole rings is 1. The van der Waals surface area contributed by atoms with Crippen molar-refractivity contribution in [3.05, 3.63) is 100 Å². The number of amides is 6. The van der Waals surface area contributed by atoms with E-state index in [9.17, 15) is 39.1 Å². The van der Waals surface area contributed by atoms with E-state index in [4.69, 9.17) is 4.98 Å². The Hall–Kier alpha value is -7.01. The molecule has 5 aromatic rings. The number of aliphatic hydroxyl groups is 1. The van der Waals surface area contributed by atoms with Crippen LogP contribution in [0.15, 0.2) is 72.2 Å². The van der Waals surface area contributed by atoms with Crippen LogP contribution < -0.4 is 26.6 Å². The number of fused-ring (bicyclic) bond motifs is 1. The number of unbranched alkanes of at least 4 members (excludes halogenated alkanes) is 5.